The molecule has 1 unspecified atom stereocenters. The zero-order chi connectivity index (χ0) is 13.8. The highest BCUT2D eigenvalue weighted by molar-refractivity contribution is 5.65. The van der Waals surface area contributed by atoms with Gasteiger partial charge in [0.2, 0.25) is 0 Å². The van der Waals surface area contributed by atoms with Gasteiger partial charge in [-0.1, -0.05) is 63.2 Å². The molecule has 0 aromatic heterocycles. The van der Waals surface area contributed by atoms with Crippen molar-refractivity contribution in [3.8, 4) is 11.1 Å². The van der Waals surface area contributed by atoms with Crippen molar-refractivity contribution in [3.63, 3.8) is 0 Å². The van der Waals surface area contributed by atoms with Crippen LogP contribution in [-0.4, -0.2) is 5.11 Å². The summed E-state index contributed by atoms with van der Waals surface area (Å²) < 4.78 is 0. The monoisotopic (exact) mass is 254 g/mol. The SMILES string of the molecule is CCC(O)c1cccc(-c2cccc(C(C)C)c2)c1. The summed E-state index contributed by atoms with van der Waals surface area (Å²) in [6, 6.07) is 16.8. The molecule has 2 aromatic carbocycles. The molecule has 0 aliphatic rings. The molecule has 0 fully saturated rings. The molecule has 100 valence electrons. The molecule has 0 bridgehead atoms. The van der Waals surface area contributed by atoms with Crippen molar-refractivity contribution < 1.29 is 5.11 Å². The van der Waals surface area contributed by atoms with Crippen molar-refractivity contribution in [2.75, 3.05) is 0 Å². The summed E-state index contributed by atoms with van der Waals surface area (Å²) >= 11 is 0. The number of benzene rings is 2. The molecule has 0 aliphatic carbocycles. The second-order valence-electron chi connectivity index (χ2n) is 5.33. The third kappa shape index (κ3) is 3.24. The van der Waals surface area contributed by atoms with Crippen molar-refractivity contribution in [3.05, 3.63) is 59.7 Å². The van der Waals surface area contributed by atoms with Crippen LogP contribution in [0.2, 0.25) is 0 Å². The van der Waals surface area contributed by atoms with E-state index in [-0.39, 0.29) is 6.10 Å². The lowest BCUT2D eigenvalue weighted by molar-refractivity contribution is 0.174. The molecule has 0 aliphatic heterocycles. The average Bonchev–Trinajstić information content (AvgIpc) is 2.46. The fourth-order valence-electron chi connectivity index (χ4n) is 2.24. The van der Waals surface area contributed by atoms with E-state index in [2.05, 4.69) is 50.2 Å². The molecular formula is C18H22O. The van der Waals surface area contributed by atoms with E-state index >= 15 is 0 Å². The first-order valence-corrected chi connectivity index (χ1v) is 7.00. The van der Waals surface area contributed by atoms with Crippen LogP contribution in [0.5, 0.6) is 0 Å². The van der Waals surface area contributed by atoms with Crippen molar-refractivity contribution in [1.29, 1.82) is 0 Å². The predicted octanol–water partition coefficient (Wildman–Crippen LogP) is 4.92. The van der Waals surface area contributed by atoms with Crippen LogP contribution in [0.3, 0.4) is 0 Å². The quantitative estimate of drug-likeness (QED) is 0.821. The summed E-state index contributed by atoms with van der Waals surface area (Å²) in [4.78, 5) is 0. The largest absolute Gasteiger partial charge is 0.388 e. The second-order valence-corrected chi connectivity index (χ2v) is 5.33. The molecule has 19 heavy (non-hydrogen) atoms. The highest BCUT2D eigenvalue weighted by Gasteiger charge is 2.07. The van der Waals surface area contributed by atoms with E-state index in [0.29, 0.717) is 5.92 Å². The normalized spacial score (nSPS) is 12.7. The highest BCUT2D eigenvalue weighted by atomic mass is 16.3. The summed E-state index contributed by atoms with van der Waals surface area (Å²) in [7, 11) is 0. The van der Waals surface area contributed by atoms with E-state index in [1.165, 1.54) is 16.7 Å². The first-order chi connectivity index (χ1) is 9.11. The lowest BCUT2D eigenvalue weighted by Crippen LogP contribution is -1.95. The van der Waals surface area contributed by atoms with E-state index in [1.807, 2.05) is 19.1 Å². The summed E-state index contributed by atoms with van der Waals surface area (Å²) in [5, 5.41) is 9.94. The van der Waals surface area contributed by atoms with E-state index in [1.54, 1.807) is 0 Å². The maximum Gasteiger partial charge on any atom is 0.0787 e. The molecule has 0 spiro atoms. The predicted molar refractivity (Wildman–Crippen MR) is 81.2 cm³/mol. The molecule has 0 saturated carbocycles. The van der Waals surface area contributed by atoms with Gasteiger partial charge in [0.15, 0.2) is 0 Å². The van der Waals surface area contributed by atoms with Crippen LogP contribution in [0, 0.1) is 0 Å². The van der Waals surface area contributed by atoms with Crippen LogP contribution in [0.25, 0.3) is 11.1 Å². The summed E-state index contributed by atoms with van der Waals surface area (Å²) in [5.41, 5.74) is 4.73. The Morgan fingerprint density at radius 2 is 1.42 bits per heavy atom. The van der Waals surface area contributed by atoms with E-state index in [9.17, 15) is 5.11 Å². The van der Waals surface area contributed by atoms with E-state index in [4.69, 9.17) is 0 Å². The molecule has 1 nitrogen and oxygen atoms in total. The summed E-state index contributed by atoms with van der Waals surface area (Å²) in [5.74, 6) is 0.532. The highest BCUT2D eigenvalue weighted by Crippen LogP contribution is 2.27. The van der Waals surface area contributed by atoms with E-state index in [0.717, 1.165) is 12.0 Å². The van der Waals surface area contributed by atoms with Gasteiger partial charge >= 0.3 is 0 Å². The van der Waals surface area contributed by atoms with Crippen LogP contribution in [0.4, 0.5) is 0 Å². The minimum Gasteiger partial charge on any atom is -0.388 e. The lowest BCUT2D eigenvalue weighted by Gasteiger charge is -2.12. The summed E-state index contributed by atoms with van der Waals surface area (Å²) in [6.45, 7) is 6.41. The fourth-order valence-corrected chi connectivity index (χ4v) is 2.24. The minimum atomic E-state index is -0.367. The Labute approximate surface area is 115 Å². The third-order valence-corrected chi connectivity index (χ3v) is 3.54. The molecular weight excluding hydrogens is 232 g/mol. The van der Waals surface area contributed by atoms with Crippen molar-refractivity contribution in [2.45, 2.75) is 39.2 Å². The number of aliphatic hydroxyl groups is 1. The number of hydrogen-bond acceptors (Lipinski definition) is 1. The Morgan fingerprint density at radius 1 is 0.895 bits per heavy atom. The molecule has 1 N–H and O–H groups in total. The molecule has 1 heteroatoms. The molecule has 0 radical (unpaired) electrons. The van der Waals surface area contributed by atoms with Gasteiger partial charge in [0.05, 0.1) is 6.10 Å². The van der Waals surface area contributed by atoms with Gasteiger partial charge in [-0.2, -0.15) is 0 Å². The molecule has 0 amide bonds. The topological polar surface area (TPSA) is 20.2 Å². The minimum absolute atomic E-state index is 0.367. The number of hydrogen-bond donors (Lipinski definition) is 1. The van der Waals surface area contributed by atoms with Crippen LogP contribution < -0.4 is 0 Å². The van der Waals surface area contributed by atoms with Gasteiger partial charge < -0.3 is 5.11 Å². The maximum absolute atomic E-state index is 9.94. The van der Waals surface area contributed by atoms with Gasteiger partial charge in [0.25, 0.3) is 0 Å². The Kier molecular flexibility index (Phi) is 4.39. The van der Waals surface area contributed by atoms with Gasteiger partial charge in [-0.3, -0.25) is 0 Å². The molecule has 0 saturated heterocycles. The zero-order valence-electron chi connectivity index (χ0n) is 11.9. The molecule has 1 atom stereocenters. The third-order valence-electron chi connectivity index (χ3n) is 3.54. The van der Waals surface area contributed by atoms with Crippen LogP contribution >= 0.6 is 0 Å². The smallest absolute Gasteiger partial charge is 0.0787 e. The van der Waals surface area contributed by atoms with Gasteiger partial charge in [-0.15, -0.1) is 0 Å². The average molecular weight is 254 g/mol. The van der Waals surface area contributed by atoms with Crippen LogP contribution in [0.15, 0.2) is 48.5 Å². The first-order valence-electron chi connectivity index (χ1n) is 7.00. The van der Waals surface area contributed by atoms with Crippen LogP contribution in [0.1, 0.15) is 50.3 Å². The Bertz CT molecular complexity index is 543. The van der Waals surface area contributed by atoms with E-state index < -0.39 is 0 Å². The molecule has 2 rings (SSSR count). The molecule has 0 heterocycles. The fraction of sp³-hybridized carbons (Fsp3) is 0.333. The first kappa shape index (κ1) is 13.8. The zero-order valence-corrected chi connectivity index (χ0v) is 11.9. The van der Waals surface area contributed by atoms with Gasteiger partial charge in [0.1, 0.15) is 0 Å². The number of aliphatic hydroxyl groups excluding tert-OH is 1. The summed E-state index contributed by atoms with van der Waals surface area (Å²) in [6.07, 6.45) is 0.378. The maximum atomic E-state index is 9.94. The second kappa shape index (κ2) is 6.03. The Morgan fingerprint density at radius 3 is 1.95 bits per heavy atom. The molecule has 2 aromatic rings. The van der Waals surface area contributed by atoms with Gasteiger partial charge in [0, 0.05) is 0 Å². The Balaban J connectivity index is 2.39. The number of rotatable bonds is 4. The lowest BCUT2D eigenvalue weighted by atomic mass is 9.95. The van der Waals surface area contributed by atoms with Gasteiger partial charge in [-0.05, 0) is 40.7 Å². The van der Waals surface area contributed by atoms with Crippen LogP contribution in [-0.2, 0) is 0 Å². The van der Waals surface area contributed by atoms with Crippen molar-refractivity contribution in [1.82, 2.24) is 0 Å². The Hall–Kier alpha value is -1.60. The van der Waals surface area contributed by atoms with Gasteiger partial charge in [-0.25, -0.2) is 0 Å². The van der Waals surface area contributed by atoms with Crippen molar-refractivity contribution in [2.24, 2.45) is 0 Å². The van der Waals surface area contributed by atoms with Crippen molar-refractivity contribution >= 4 is 0 Å². The standard InChI is InChI=1S/C18H22O/c1-4-18(19)17-10-6-9-16(12-17)15-8-5-7-14(11-15)13(2)3/h5-13,18-19H,4H2,1-3H3.